The fraction of sp³-hybridized carbons (Fsp3) is 0.364. The third-order valence-electron chi connectivity index (χ3n) is 2.51. The minimum Gasteiger partial charge on any atom is -0.459 e. The molecule has 0 atom stereocenters. The molecule has 1 aliphatic rings. The van der Waals surface area contributed by atoms with E-state index in [-0.39, 0.29) is 11.7 Å². The third kappa shape index (κ3) is 2.91. The van der Waals surface area contributed by atoms with Crippen molar-refractivity contribution >= 4 is 34.1 Å². The first-order valence-corrected chi connectivity index (χ1v) is 7.42. The highest BCUT2D eigenvalue weighted by molar-refractivity contribution is 8.01. The second kappa shape index (κ2) is 5.11. The number of anilines is 1. The van der Waals surface area contributed by atoms with Crippen molar-refractivity contribution in [2.45, 2.75) is 17.2 Å². The van der Waals surface area contributed by atoms with Crippen molar-refractivity contribution in [2.24, 2.45) is 5.92 Å². The van der Waals surface area contributed by atoms with E-state index in [9.17, 15) is 4.79 Å². The maximum atomic E-state index is 11.7. The highest BCUT2D eigenvalue weighted by Crippen LogP contribution is 2.36. The summed E-state index contributed by atoms with van der Waals surface area (Å²) in [6, 6.07) is 3.28. The summed E-state index contributed by atoms with van der Waals surface area (Å²) in [6.07, 6.45) is 4.12. The van der Waals surface area contributed by atoms with Crippen LogP contribution in [0.15, 0.2) is 27.2 Å². The maximum absolute atomic E-state index is 11.7. The number of carbonyl (C=O) groups excluding carboxylic acids is 1. The number of amides is 1. The van der Waals surface area contributed by atoms with E-state index in [1.807, 2.05) is 0 Å². The van der Waals surface area contributed by atoms with Gasteiger partial charge in [0.15, 0.2) is 10.1 Å². The zero-order valence-electron chi connectivity index (χ0n) is 9.46. The van der Waals surface area contributed by atoms with Gasteiger partial charge < -0.3 is 4.42 Å². The van der Waals surface area contributed by atoms with Gasteiger partial charge in [-0.3, -0.25) is 10.1 Å². The largest absolute Gasteiger partial charge is 0.459 e. The first-order valence-electron chi connectivity index (χ1n) is 5.62. The minimum atomic E-state index is -0.296. The highest BCUT2D eigenvalue weighted by atomic mass is 32.2. The number of thioether (sulfide) groups is 1. The number of carbonyl (C=O) groups is 1. The molecule has 1 fully saturated rings. The molecule has 2 aromatic heterocycles. The van der Waals surface area contributed by atoms with Crippen molar-refractivity contribution in [2.75, 3.05) is 11.1 Å². The number of aromatic nitrogens is 2. The molecule has 1 amide bonds. The van der Waals surface area contributed by atoms with E-state index in [2.05, 4.69) is 15.5 Å². The van der Waals surface area contributed by atoms with Crippen molar-refractivity contribution in [1.29, 1.82) is 0 Å². The van der Waals surface area contributed by atoms with Gasteiger partial charge in [-0.1, -0.05) is 23.1 Å². The molecule has 1 saturated carbocycles. The summed E-state index contributed by atoms with van der Waals surface area (Å²) in [4.78, 5) is 11.7. The molecular formula is C11H11N3O2S2. The summed E-state index contributed by atoms with van der Waals surface area (Å²) in [5.41, 5.74) is 0. The lowest BCUT2D eigenvalue weighted by molar-refractivity contribution is 0.0996. The maximum Gasteiger partial charge on any atom is 0.293 e. The monoisotopic (exact) mass is 281 g/mol. The summed E-state index contributed by atoms with van der Waals surface area (Å²) in [5.74, 6) is 1.92. The lowest BCUT2D eigenvalue weighted by Gasteiger charge is -1.95. The molecular weight excluding hydrogens is 270 g/mol. The molecule has 2 aromatic rings. The Labute approximate surface area is 112 Å². The van der Waals surface area contributed by atoms with Crippen LogP contribution in [0.5, 0.6) is 0 Å². The van der Waals surface area contributed by atoms with E-state index >= 15 is 0 Å². The standard InChI is InChI=1S/C11H11N3O2S2/c15-9(8-2-1-5-16-8)12-10-13-14-11(18-10)17-6-7-3-4-7/h1-2,5,7H,3-4,6H2,(H,12,13,15). The van der Waals surface area contributed by atoms with Gasteiger partial charge in [-0.15, -0.1) is 10.2 Å². The summed E-state index contributed by atoms with van der Waals surface area (Å²) in [6.45, 7) is 0. The molecule has 7 heteroatoms. The number of hydrogen-bond donors (Lipinski definition) is 1. The van der Waals surface area contributed by atoms with E-state index in [1.165, 1.54) is 30.4 Å². The molecule has 0 saturated heterocycles. The molecule has 1 aliphatic carbocycles. The van der Waals surface area contributed by atoms with Crippen LogP contribution in [0, 0.1) is 5.92 Å². The van der Waals surface area contributed by atoms with E-state index in [0.717, 1.165) is 16.0 Å². The van der Waals surface area contributed by atoms with Crippen LogP contribution >= 0.6 is 23.1 Å². The van der Waals surface area contributed by atoms with Crippen molar-refractivity contribution in [1.82, 2.24) is 10.2 Å². The first kappa shape index (κ1) is 11.7. The molecule has 0 spiro atoms. The SMILES string of the molecule is O=C(Nc1nnc(SCC2CC2)s1)c1ccco1. The van der Waals surface area contributed by atoms with Gasteiger partial charge in [-0.05, 0) is 30.9 Å². The zero-order chi connectivity index (χ0) is 12.4. The lowest BCUT2D eigenvalue weighted by atomic mass is 10.4. The van der Waals surface area contributed by atoms with E-state index in [4.69, 9.17) is 4.42 Å². The number of hydrogen-bond acceptors (Lipinski definition) is 6. The van der Waals surface area contributed by atoms with Gasteiger partial charge in [0.1, 0.15) is 0 Å². The molecule has 0 radical (unpaired) electrons. The van der Waals surface area contributed by atoms with Crippen LogP contribution in [0.1, 0.15) is 23.4 Å². The van der Waals surface area contributed by atoms with Crippen LogP contribution < -0.4 is 5.32 Å². The number of nitrogens with zero attached hydrogens (tertiary/aromatic N) is 2. The van der Waals surface area contributed by atoms with Crippen LogP contribution in [0.2, 0.25) is 0 Å². The van der Waals surface area contributed by atoms with Gasteiger partial charge in [0.25, 0.3) is 5.91 Å². The van der Waals surface area contributed by atoms with Crippen LogP contribution in [0.25, 0.3) is 0 Å². The number of nitrogens with one attached hydrogen (secondary N) is 1. The molecule has 94 valence electrons. The smallest absolute Gasteiger partial charge is 0.293 e. The average molecular weight is 281 g/mol. The van der Waals surface area contributed by atoms with Crippen LogP contribution in [0.3, 0.4) is 0 Å². The predicted octanol–water partition coefficient (Wildman–Crippen LogP) is 2.89. The van der Waals surface area contributed by atoms with E-state index in [1.54, 1.807) is 23.9 Å². The Kier molecular flexibility index (Phi) is 3.33. The van der Waals surface area contributed by atoms with Gasteiger partial charge in [-0.25, -0.2) is 0 Å². The second-order valence-electron chi connectivity index (χ2n) is 4.06. The van der Waals surface area contributed by atoms with Crippen molar-refractivity contribution < 1.29 is 9.21 Å². The molecule has 1 N–H and O–H groups in total. The third-order valence-corrected chi connectivity index (χ3v) is 4.71. The Morgan fingerprint density at radius 1 is 1.56 bits per heavy atom. The molecule has 0 aromatic carbocycles. The molecule has 0 aliphatic heterocycles. The average Bonchev–Trinajstić information content (AvgIpc) is 2.88. The summed E-state index contributed by atoms with van der Waals surface area (Å²) < 4.78 is 5.90. The molecule has 0 unspecified atom stereocenters. The second-order valence-corrected chi connectivity index (χ2v) is 6.30. The lowest BCUT2D eigenvalue weighted by Crippen LogP contribution is -2.10. The molecule has 5 nitrogen and oxygen atoms in total. The fourth-order valence-corrected chi connectivity index (χ4v) is 3.32. The topological polar surface area (TPSA) is 68.0 Å². The van der Waals surface area contributed by atoms with Crippen LogP contribution in [-0.4, -0.2) is 21.9 Å². The molecule has 18 heavy (non-hydrogen) atoms. The molecule has 2 heterocycles. The van der Waals surface area contributed by atoms with Crippen molar-refractivity contribution in [3.8, 4) is 0 Å². The van der Waals surface area contributed by atoms with Gasteiger partial charge in [-0.2, -0.15) is 0 Å². The van der Waals surface area contributed by atoms with Crippen LogP contribution in [0.4, 0.5) is 5.13 Å². The summed E-state index contributed by atoms with van der Waals surface area (Å²) in [5, 5.41) is 11.2. The molecule has 3 rings (SSSR count). The van der Waals surface area contributed by atoms with Crippen LogP contribution in [-0.2, 0) is 0 Å². The van der Waals surface area contributed by atoms with E-state index in [0.29, 0.717) is 5.13 Å². The number of rotatable bonds is 5. The van der Waals surface area contributed by atoms with E-state index < -0.39 is 0 Å². The Morgan fingerprint density at radius 3 is 3.17 bits per heavy atom. The van der Waals surface area contributed by atoms with Crippen molar-refractivity contribution in [3.05, 3.63) is 24.2 Å². The Bertz CT molecular complexity index is 534. The fourth-order valence-electron chi connectivity index (χ4n) is 1.36. The van der Waals surface area contributed by atoms with Gasteiger partial charge in [0.05, 0.1) is 6.26 Å². The Morgan fingerprint density at radius 2 is 2.44 bits per heavy atom. The summed E-state index contributed by atoms with van der Waals surface area (Å²) >= 11 is 3.10. The minimum absolute atomic E-state index is 0.275. The molecule has 0 bridgehead atoms. The first-order chi connectivity index (χ1) is 8.81. The predicted molar refractivity (Wildman–Crippen MR) is 70.0 cm³/mol. The van der Waals surface area contributed by atoms with Gasteiger partial charge in [0.2, 0.25) is 5.13 Å². The Hall–Kier alpha value is -1.34. The van der Waals surface area contributed by atoms with Crippen molar-refractivity contribution in [3.63, 3.8) is 0 Å². The highest BCUT2D eigenvalue weighted by Gasteiger charge is 2.22. The van der Waals surface area contributed by atoms with Gasteiger partial charge >= 0.3 is 0 Å². The normalized spacial score (nSPS) is 14.7. The van der Waals surface area contributed by atoms with Gasteiger partial charge in [0, 0.05) is 5.75 Å². The Balaban J connectivity index is 1.57. The number of furan rings is 1. The quantitative estimate of drug-likeness (QED) is 0.674. The zero-order valence-corrected chi connectivity index (χ0v) is 11.1. The summed E-state index contributed by atoms with van der Waals surface area (Å²) in [7, 11) is 0.